The largest absolute Gasteiger partial charge is 0.481 e. The van der Waals surface area contributed by atoms with Gasteiger partial charge in [-0.2, -0.15) is 0 Å². The van der Waals surface area contributed by atoms with Crippen LogP contribution < -0.4 is 5.32 Å². The number of methoxy groups -OCH3 is 1. The fraction of sp³-hybridized carbons (Fsp3) is 0.615. The standard InChI is InChI=1S/C13H20N2O5/c1-15(7-3-4-11(16)20-2)13(19)14-10-6-5-9(8-10)12(17)18/h5-6,9-10H,3-4,7-8H2,1-2H3,(H,14,19)(H,17,18). The van der Waals surface area contributed by atoms with Gasteiger partial charge in [-0.25, -0.2) is 4.79 Å². The summed E-state index contributed by atoms with van der Waals surface area (Å²) in [5.74, 6) is -1.73. The lowest BCUT2D eigenvalue weighted by atomic mass is 10.1. The molecule has 2 amide bonds. The number of hydrogen-bond acceptors (Lipinski definition) is 4. The minimum absolute atomic E-state index is 0.258. The lowest BCUT2D eigenvalue weighted by molar-refractivity contribution is -0.141. The number of urea groups is 1. The second-order valence-electron chi connectivity index (χ2n) is 4.72. The van der Waals surface area contributed by atoms with Crippen molar-refractivity contribution in [3.63, 3.8) is 0 Å². The number of ether oxygens (including phenoxy) is 1. The predicted molar refractivity (Wildman–Crippen MR) is 71.1 cm³/mol. The van der Waals surface area contributed by atoms with Gasteiger partial charge in [-0.05, 0) is 12.8 Å². The molecule has 0 aromatic rings. The van der Waals surface area contributed by atoms with Gasteiger partial charge in [0, 0.05) is 20.0 Å². The lowest BCUT2D eigenvalue weighted by Crippen LogP contribution is -2.42. The maximum absolute atomic E-state index is 11.8. The number of rotatable bonds is 6. The van der Waals surface area contributed by atoms with Crippen molar-refractivity contribution in [2.75, 3.05) is 20.7 Å². The van der Waals surface area contributed by atoms with Crippen molar-refractivity contribution in [2.45, 2.75) is 25.3 Å². The smallest absolute Gasteiger partial charge is 0.317 e. The summed E-state index contributed by atoms with van der Waals surface area (Å²) in [5, 5.41) is 11.6. The van der Waals surface area contributed by atoms with Gasteiger partial charge in [-0.1, -0.05) is 12.2 Å². The van der Waals surface area contributed by atoms with Gasteiger partial charge in [0.2, 0.25) is 0 Å². The van der Waals surface area contributed by atoms with Crippen LogP contribution in [-0.2, 0) is 14.3 Å². The first-order valence-electron chi connectivity index (χ1n) is 6.43. The van der Waals surface area contributed by atoms with Crippen molar-refractivity contribution in [3.8, 4) is 0 Å². The molecule has 0 aromatic heterocycles. The van der Waals surface area contributed by atoms with Crippen LogP contribution in [0.25, 0.3) is 0 Å². The highest BCUT2D eigenvalue weighted by Gasteiger charge is 2.26. The summed E-state index contributed by atoms with van der Waals surface area (Å²) in [6, 6.07) is -0.540. The number of carboxylic acid groups (broad SMARTS) is 1. The fourth-order valence-electron chi connectivity index (χ4n) is 1.92. The number of nitrogens with zero attached hydrogens (tertiary/aromatic N) is 1. The molecule has 2 atom stereocenters. The quantitative estimate of drug-likeness (QED) is 0.550. The minimum atomic E-state index is -0.885. The molecule has 0 heterocycles. The summed E-state index contributed by atoms with van der Waals surface area (Å²) in [4.78, 5) is 35.0. The number of nitrogens with one attached hydrogen (secondary N) is 1. The first-order valence-corrected chi connectivity index (χ1v) is 6.43. The molecule has 7 heteroatoms. The van der Waals surface area contributed by atoms with Gasteiger partial charge in [0.05, 0.1) is 19.1 Å². The third-order valence-electron chi connectivity index (χ3n) is 3.16. The van der Waals surface area contributed by atoms with Crippen molar-refractivity contribution in [1.29, 1.82) is 0 Å². The summed E-state index contributed by atoms with van der Waals surface area (Å²) >= 11 is 0. The fourth-order valence-corrected chi connectivity index (χ4v) is 1.92. The molecule has 0 spiro atoms. The molecule has 0 saturated heterocycles. The molecular formula is C13H20N2O5. The maximum Gasteiger partial charge on any atom is 0.317 e. The van der Waals surface area contributed by atoms with Crippen LogP contribution in [0.2, 0.25) is 0 Å². The Morgan fingerprint density at radius 2 is 2.10 bits per heavy atom. The number of amides is 2. The summed E-state index contributed by atoms with van der Waals surface area (Å²) in [6.07, 6.45) is 4.44. The second-order valence-corrected chi connectivity index (χ2v) is 4.72. The van der Waals surface area contributed by atoms with Crippen LogP contribution in [0.1, 0.15) is 19.3 Å². The van der Waals surface area contributed by atoms with Gasteiger partial charge in [-0.15, -0.1) is 0 Å². The van der Waals surface area contributed by atoms with Gasteiger partial charge in [0.1, 0.15) is 0 Å². The average Bonchev–Trinajstić information content (AvgIpc) is 2.86. The molecule has 2 N–H and O–H groups in total. The first-order chi connectivity index (χ1) is 9.43. The molecule has 2 unspecified atom stereocenters. The molecule has 0 aliphatic heterocycles. The van der Waals surface area contributed by atoms with Gasteiger partial charge < -0.3 is 20.1 Å². The van der Waals surface area contributed by atoms with Crippen LogP contribution in [0.15, 0.2) is 12.2 Å². The predicted octanol–water partition coefficient (Wildman–Crippen LogP) is 0.610. The van der Waals surface area contributed by atoms with E-state index < -0.39 is 11.9 Å². The molecule has 1 aliphatic carbocycles. The molecule has 1 aliphatic rings. The normalized spacial score (nSPS) is 20.5. The summed E-state index contributed by atoms with van der Waals surface area (Å²) in [5.41, 5.74) is 0. The molecule has 20 heavy (non-hydrogen) atoms. The Balaban J connectivity index is 2.27. The zero-order valence-electron chi connectivity index (χ0n) is 11.7. The van der Waals surface area contributed by atoms with Crippen molar-refractivity contribution in [2.24, 2.45) is 5.92 Å². The topological polar surface area (TPSA) is 95.9 Å². The van der Waals surface area contributed by atoms with Gasteiger partial charge in [-0.3, -0.25) is 9.59 Å². The second kappa shape index (κ2) is 7.52. The highest BCUT2D eigenvalue weighted by molar-refractivity contribution is 5.76. The number of aliphatic carboxylic acids is 1. The van der Waals surface area contributed by atoms with Gasteiger partial charge in [0.15, 0.2) is 0 Å². The van der Waals surface area contributed by atoms with Crippen LogP contribution in [0.5, 0.6) is 0 Å². The Morgan fingerprint density at radius 1 is 1.40 bits per heavy atom. The zero-order chi connectivity index (χ0) is 15.1. The highest BCUT2D eigenvalue weighted by atomic mass is 16.5. The molecule has 0 saturated carbocycles. The van der Waals surface area contributed by atoms with E-state index in [-0.39, 0.29) is 24.5 Å². The Labute approximate surface area is 117 Å². The van der Waals surface area contributed by atoms with Crippen molar-refractivity contribution in [1.82, 2.24) is 10.2 Å². The van der Waals surface area contributed by atoms with E-state index in [1.807, 2.05) is 0 Å². The molecule has 0 bridgehead atoms. The van der Waals surface area contributed by atoms with Crippen molar-refractivity contribution >= 4 is 18.0 Å². The number of hydrogen-bond donors (Lipinski definition) is 2. The molecular weight excluding hydrogens is 264 g/mol. The van der Waals surface area contributed by atoms with Crippen LogP contribution in [-0.4, -0.2) is 54.7 Å². The lowest BCUT2D eigenvalue weighted by Gasteiger charge is -2.20. The van der Waals surface area contributed by atoms with Gasteiger partial charge in [0.25, 0.3) is 0 Å². The van der Waals surface area contributed by atoms with Crippen molar-refractivity contribution in [3.05, 3.63) is 12.2 Å². The van der Waals surface area contributed by atoms with E-state index in [2.05, 4.69) is 10.1 Å². The Hall–Kier alpha value is -2.05. The highest BCUT2D eigenvalue weighted by Crippen LogP contribution is 2.18. The maximum atomic E-state index is 11.8. The van der Waals surface area contributed by atoms with Crippen LogP contribution in [0.3, 0.4) is 0 Å². The molecule has 1 rings (SSSR count). The molecule has 0 radical (unpaired) electrons. The monoisotopic (exact) mass is 284 g/mol. The Kier molecular flexibility index (Phi) is 6.02. The van der Waals surface area contributed by atoms with Crippen LogP contribution >= 0.6 is 0 Å². The number of esters is 1. The minimum Gasteiger partial charge on any atom is -0.481 e. The van der Waals surface area contributed by atoms with Crippen LogP contribution in [0.4, 0.5) is 4.79 Å². The van der Waals surface area contributed by atoms with E-state index in [0.29, 0.717) is 19.4 Å². The summed E-state index contributed by atoms with van der Waals surface area (Å²) < 4.78 is 4.51. The Morgan fingerprint density at radius 3 is 2.65 bits per heavy atom. The average molecular weight is 284 g/mol. The van der Waals surface area contributed by atoms with E-state index in [0.717, 1.165) is 0 Å². The molecule has 7 nitrogen and oxygen atoms in total. The van der Waals surface area contributed by atoms with E-state index >= 15 is 0 Å². The summed E-state index contributed by atoms with van der Waals surface area (Å²) in [6.45, 7) is 0.430. The number of carbonyl (C=O) groups is 3. The molecule has 112 valence electrons. The van der Waals surface area contributed by atoms with Crippen molar-refractivity contribution < 1.29 is 24.2 Å². The van der Waals surface area contributed by atoms with E-state index in [1.165, 1.54) is 12.0 Å². The third-order valence-corrected chi connectivity index (χ3v) is 3.16. The first kappa shape index (κ1) is 16.0. The Bertz CT molecular complexity index is 408. The molecule has 0 aromatic carbocycles. The van der Waals surface area contributed by atoms with E-state index in [4.69, 9.17) is 5.11 Å². The zero-order valence-corrected chi connectivity index (χ0v) is 11.7. The van der Waals surface area contributed by atoms with Gasteiger partial charge >= 0.3 is 18.0 Å². The SMILES string of the molecule is COC(=O)CCCN(C)C(=O)NC1C=CC(C(=O)O)C1. The number of carbonyl (C=O) groups excluding carboxylic acids is 2. The van der Waals surface area contributed by atoms with E-state index in [1.54, 1.807) is 19.2 Å². The van der Waals surface area contributed by atoms with Crippen LogP contribution in [0, 0.1) is 5.92 Å². The van der Waals surface area contributed by atoms with E-state index in [9.17, 15) is 14.4 Å². The third kappa shape index (κ3) is 4.91. The summed E-state index contributed by atoms with van der Waals surface area (Å²) in [7, 11) is 2.95. The molecule has 0 fully saturated rings. The number of carboxylic acids is 1.